The van der Waals surface area contributed by atoms with Crippen molar-refractivity contribution < 1.29 is 0 Å². The summed E-state index contributed by atoms with van der Waals surface area (Å²) in [5.41, 5.74) is 32.3. The van der Waals surface area contributed by atoms with Gasteiger partial charge in [-0.15, -0.1) is 0 Å². The smallest absolute Gasteiger partial charge is 0.0105 e. The maximum Gasteiger partial charge on any atom is 0.0105 e. The van der Waals surface area contributed by atoms with Crippen molar-refractivity contribution in [1.29, 1.82) is 0 Å². The summed E-state index contributed by atoms with van der Waals surface area (Å²) in [6, 6.07) is 83.2. The third-order valence-corrected chi connectivity index (χ3v) is 21.9. The lowest BCUT2D eigenvalue weighted by Gasteiger charge is -2.21. The van der Waals surface area contributed by atoms with Crippen molar-refractivity contribution in [2.75, 3.05) is 0 Å². The molecular formula is C95H98. The van der Waals surface area contributed by atoms with Crippen molar-refractivity contribution in [3.63, 3.8) is 0 Å². The second-order valence-corrected chi connectivity index (χ2v) is 28.0. The van der Waals surface area contributed by atoms with E-state index >= 15 is 0 Å². The van der Waals surface area contributed by atoms with Gasteiger partial charge in [-0.1, -0.05) is 386 Å². The molecular weight excluding hydrogens is 1140 g/mol. The standard InChI is InChI=1S/C95H98/c1-7-13-20-66(10-4)59-89-83-25-18-16-23-81(83)85-55-43-73(62-91(85)89)31-27-69-35-47-77(48-36-69)79-51-39-71(40-52-79)29-33-75-45-57-87-88-58-46-76(65-94(88)95(93(87)64-75)61-68(12-6)22-15-9-3)34-30-72-41-53-80(54-42-72)78-49-37-70(38-50-78)28-32-74-44-56-86-82-24-17-19-26-84(82)90(92(86)63-74)60-67(11-5)21-14-8-2/h16-19,23-58,62-68,89-90,95H,7-15,20-22,59-61H2,1-6H3/b31-27+,32-28+,33-29+,34-30+. The fourth-order valence-corrected chi connectivity index (χ4v) is 16.1. The van der Waals surface area contributed by atoms with E-state index in [0.29, 0.717) is 23.7 Å². The average Bonchev–Trinajstić information content (AvgIpc) is 1.63. The van der Waals surface area contributed by atoms with E-state index in [1.807, 2.05) is 0 Å². The summed E-state index contributed by atoms with van der Waals surface area (Å²) in [7, 11) is 0. The summed E-state index contributed by atoms with van der Waals surface area (Å²) < 4.78 is 0. The van der Waals surface area contributed by atoms with Gasteiger partial charge in [0.25, 0.3) is 0 Å². The molecule has 478 valence electrons. The van der Waals surface area contributed by atoms with Gasteiger partial charge in [0, 0.05) is 17.8 Å². The minimum absolute atomic E-state index is 0.374. The molecule has 95 heavy (non-hydrogen) atoms. The molecule has 0 amide bonds. The number of benzene rings is 10. The lowest BCUT2D eigenvalue weighted by Crippen LogP contribution is -2.07. The predicted molar refractivity (Wildman–Crippen MR) is 414 cm³/mol. The Morgan fingerprint density at radius 3 is 0.716 bits per heavy atom. The highest BCUT2D eigenvalue weighted by atomic mass is 14.4. The normalized spacial score (nSPS) is 16.1. The fraction of sp³-hybridized carbons (Fsp3) is 0.284. The van der Waals surface area contributed by atoms with E-state index in [1.165, 1.54) is 230 Å². The highest BCUT2D eigenvalue weighted by Crippen LogP contribution is 2.52. The molecule has 0 aliphatic heterocycles. The third-order valence-electron chi connectivity index (χ3n) is 21.9. The maximum atomic E-state index is 2.49. The van der Waals surface area contributed by atoms with Gasteiger partial charge in [0.15, 0.2) is 0 Å². The van der Waals surface area contributed by atoms with E-state index in [-0.39, 0.29) is 0 Å². The van der Waals surface area contributed by atoms with E-state index < -0.39 is 0 Å². The molecule has 0 N–H and O–H groups in total. The van der Waals surface area contributed by atoms with Crippen molar-refractivity contribution >= 4 is 48.6 Å². The first-order valence-electron chi connectivity index (χ1n) is 36.7. The molecule has 0 nitrogen and oxygen atoms in total. The minimum Gasteiger partial charge on any atom is -0.0654 e. The number of hydrogen-bond donors (Lipinski definition) is 0. The summed E-state index contributed by atoms with van der Waals surface area (Å²) >= 11 is 0. The lowest BCUT2D eigenvalue weighted by molar-refractivity contribution is 0.404. The van der Waals surface area contributed by atoms with E-state index in [1.54, 1.807) is 0 Å². The molecule has 0 spiro atoms. The van der Waals surface area contributed by atoms with Crippen molar-refractivity contribution in [3.05, 3.63) is 296 Å². The molecule has 0 radical (unpaired) electrons. The van der Waals surface area contributed by atoms with Gasteiger partial charge >= 0.3 is 0 Å². The SMILES string of the molecule is CCCCC(CC)CC1c2ccccc2-c2ccc(/C=C/c3ccc(-c4ccc(/C=C/c5ccc6c(c5)C(CC(CC)CCCC)c5cc(/C=C/c7ccc(-c8ccc(/C=C/c9ccc%10c(c9)C(CC(CC)CCCC)c9ccccc9-%10)cc8)cc7)ccc5-6)cc4)cc3)cc21. The van der Waals surface area contributed by atoms with Crippen molar-refractivity contribution in [1.82, 2.24) is 0 Å². The lowest BCUT2D eigenvalue weighted by atomic mass is 9.83. The van der Waals surface area contributed by atoms with Crippen LogP contribution in [0.5, 0.6) is 0 Å². The van der Waals surface area contributed by atoms with Gasteiger partial charge in [-0.3, -0.25) is 0 Å². The molecule has 10 aromatic rings. The Morgan fingerprint density at radius 1 is 0.242 bits per heavy atom. The van der Waals surface area contributed by atoms with E-state index in [0.717, 1.165) is 11.8 Å². The number of fused-ring (bicyclic) bond motifs is 9. The van der Waals surface area contributed by atoms with E-state index in [9.17, 15) is 0 Å². The molecule has 13 rings (SSSR count). The summed E-state index contributed by atoms with van der Waals surface area (Å²) in [6.45, 7) is 14.1. The number of unbranched alkanes of at least 4 members (excludes halogenated alkanes) is 3. The zero-order valence-corrected chi connectivity index (χ0v) is 57.5. The summed E-state index contributed by atoms with van der Waals surface area (Å²) in [5, 5.41) is 0. The fourth-order valence-electron chi connectivity index (χ4n) is 16.1. The van der Waals surface area contributed by atoms with Gasteiger partial charge in [0.05, 0.1) is 0 Å². The van der Waals surface area contributed by atoms with Crippen LogP contribution in [0.25, 0.3) is 104 Å². The van der Waals surface area contributed by atoms with Crippen molar-refractivity contribution in [3.8, 4) is 55.6 Å². The molecule has 0 heterocycles. The summed E-state index contributed by atoms with van der Waals surface area (Å²) in [5.74, 6) is 3.54. The van der Waals surface area contributed by atoms with Crippen LogP contribution in [0, 0.1) is 17.8 Å². The summed E-state index contributed by atoms with van der Waals surface area (Å²) in [4.78, 5) is 0. The highest BCUT2D eigenvalue weighted by Gasteiger charge is 2.33. The molecule has 0 saturated carbocycles. The third kappa shape index (κ3) is 14.8. The molecule has 5 unspecified atom stereocenters. The van der Waals surface area contributed by atoms with Gasteiger partial charge < -0.3 is 0 Å². The Labute approximate surface area is 570 Å². The van der Waals surface area contributed by atoms with Crippen LogP contribution in [-0.4, -0.2) is 0 Å². The molecule has 0 heteroatoms. The van der Waals surface area contributed by atoms with Crippen LogP contribution in [0.2, 0.25) is 0 Å². The largest absolute Gasteiger partial charge is 0.0654 e. The predicted octanol–water partition coefficient (Wildman–Crippen LogP) is 27.9. The number of rotatable bonds is 28. The van der Waals surface area contributed by atoms with Crippen LogP contribution in [0.15, 0.2) is 218 Å². The topological polar surface area (TPSA) is 0 Å². The van der Waals surface area contributed by atoms with Gasteiger partial charge in [0.1, 0.15) is 0 Å². The molecule has 0 aromatic heterocycles. The average molecular weight is 1240 g/mol. The monoisotopic (exact) mass is 1240 g/mol. The van der Waals surface area contributed by atoms with Crippen LogP contribution in [0.1, 0.15) is 233 Å². The minimum atomic E-state index is 0.374. The van der Waals surface area contributed by atoms with Crippen LogP contribution in [0.3, 0.4) is 0 Å². The van der Waals surface area contributed by atoms with E-state index in [2.05, 4.69) is 309 Å². The van der Waals surface area contributed by atoms with E-state index in [4.69, 9.17) is 0 Å². The van der Waals surface area contributed by atoms with Crippen molar-refractivity contribution in [2.45, 2.75) is 156 Å². The molecule has 5 atom stereocenters. The van der Waals surface area contributed by atoms with Gasteiger partial charge in [-0.05, 0) is 171 Å². The van der Waals surface area contributed by atoms with Gasteiger partial charge in [-0.25, -0.2) is 0 Å². The Morgan fingerprint density at radius 2 is 0.463 bits per heavy atom. The molecule has 3 aliphatic carbocycles. The zero-order chi connectivity index (χ0) is 65.0. The van der Waals surface area contributed by atoms with Crippen molar-refractivity contribution in [2.24, 2.45) is 17.8 Å². The first kappa shape index (κ1) is 64.8. The van der Waals surface area contributed by atoms with Crippen LogP contribution in [0.4, 0.5) is 0 Å². The molecule has 3 aliphatic rings. The first-order chi connectivity index (χ1) is 46.8. The molecule has 0 bridgehead atoms. The highest BCUT2D eigenvalue weighted by molar-refractivity contribution is 5.86. The number of hydrogen-bond acceptors (Lipinski definition) is 0. The van der Waals surface area contributed by atoms with Crippen LogP contribution < -0.4 is 0 Å². The molecule has 0 saturated heterocycles. The Bertz CT molecular complexity index is 4070. The van der Waals surface area contributed by atoms with Crippen LogP contribution >= 0.6 is 0 Å². The Hall–Kier alpha value is -8.84. The quantitative estimate of drug-likeness (QED) is 0.0429. The van der Waals surface area contributed by atoms with Gasteiger partial charge in [-0.2, -0.15) is 0 Å². The Balaban J connectivity index is 0.646. The molecule has 0 fully saturated rings. The second kappa shape index (κ2) is 30.7. The Kier molecular flexibility index (Phi) is 21.0. The second-order valence-electron chi connectivity index (χ2n) is 28.0. The van der Waals surface area contributed by atoms with Gasteiger partial charge in [0.2, 0.25) is 0 Å². The zero-order valence-electron chi connectivity index (χ0n) is 57.5. The molecule has 10 aromatic carbocycles. The first-order valence-corrected chi connectivity index (χ1v) is 36.7. The van der Waals surface area contributed by atoms with Crippen LogP contribution in [-0.2, 0) is 0 Å². The summed E-state index contributed by atoms with van der Waals surface area (Å²) in [6.07, 6.45) is 37.4. The maximum absolute atomic E-state index is 2.49.